The highest BCUT2D eigenvalue weighted by Crippen LogP contribution is 2.41. The highest BCUT2D eigenvalue weighted by molar-refractivity contribution is 7.45. The highest BCUT2D eigenvalue weighted by Gasteiger charge is 2.36. The molecule has 41 heavy (non-hydrogen) atoms. The van der Waals surface area contributed by atoms with Gasteiger partial charge in [0.1, 0.15) is 36.0 Å². The van der Waals surface area contributed by atoms with Gasteiger partial charge in [-0.3, -0.25) is 9.36 Å². The number of ether oxygens (including phenoxy) is 2. The summed E-state index contributed by atoms with van der Waals surface area (Å²) in [7, 11) is -1.66. The number of nitrogens with one attached hydrogen (secondary N) is 1. The predicted molar refractivity (Wildman–Crippen MR) is 157 cm³/mol. The van der Waals surface area contributed by atoms with Crippen molar-refractivity contribution in [2.45, 2.75) is 96.6 Å². The summed E-state index contributed by atoms with van der Waals surface area (Å²) in [5.74, 6) is 0.975. The van der Waals surface area contributed by atoms with Crippen molar-refractivity contribution in [3.05, 3.63) is 42.5 Å². The third-order valence-electron chi connectivity index (χ3n) is 7.68. The topological polar surface area (TPSA) is 136 Å². The first-order valence-electron chi connectivity index (χ1n) is 14.6. The van der Waals surface area contributed by atoms with E-state index in [0.29, 0.717) is 35.8 Å². The second-order valence-corrected chi connectivity index (χ2v) is 12.3. The number of rotatable bonds is 13. The number of nitrogens with two attached hydrogens (primary N) is 1. The van der Waals surface area contributed by atoms with E-state index in [-0.39, 0.29) is 30.3 Å². The molecule has 5 rings (SSSR count). The van der Waals surface area contributed by atoms with E-state index in [1.54, 1.807) is 6.33 Å². The number of aromatic nitrogens is 4. The zero-order valence-corrected chi connectivity index (χ0v) is 25.0. The van der Waals surface area contributed by atoms with Crippen LogP contribution in [0.2, 0.25) is 0 Å². The van der Waals surface area contributed by atoms with Gasteiger partial charge in [-0.2, -0.15) is 0 Å². The Balaban J connectivity index is 1.26. The zero-order chi connectivity index (χ0) is 28.8. The third kappa shape index (κ3) is 7.52. The van der Waals surface area contributed by atoms with Crippen LogP contribution in [-0.4, -0.2) is 50.3 Å². The molecule has 2 aromatic heterocycles. The molecule has 1 aliphatic heterocycles. The fourth-order valence-electron chi connectivity index (χ4n) is 5.38. The molecule has 11 nitrogen and oxygen atoms in total. The molecule has 0 spiro atoms. The molecule has 3 heterocycles. The average Bonchev–Trinajstić information content (AvgIpc) is 3.71. The number of imidazole rings is 1. The van der Waals surface area contributed by atoms with E-state index in [9.17, 15) is 4.79 Å². The first-order chi connectivity index (χ1) is 19.9. The van der Waals surface area contributed by atoms with Crippen LogP contribution in [0.5, 0.6) is 5.75 Å². The number of anilines is 1. The summed E-state index contributed by atoms with van der Waals surface area (Å²) in [5.41, 5.74) is 8.32. The molecule has 2 fully saturated rings. The van der Waals surface area contributed by atoms with Crippen LogP contribution in [0.1, 0.15) is 77.0 Å². The molecule has 12 heteroatoms. The zero-order valence-electron chi connectivity index (χ0n) is 24.1. The second kappa shape index (κ2) is 13.9. The molecule has 0 bridgehead atoms. The summed E-state index contributed by atoms with van der Waals surface area (Å²) in [6.07, 6.45) is 10.1. The van der Waals surface area contributed by atoms with Gasteiger partial charge in [-0.1, -0.05) is 44.4 Å². The van der Waals surface area contributed by atoms with Gasteiger partial charge in [0.05, 0.1) is 19.0 Å². The molecule has 5 atom stereocenters. The predicted octanol–water partition coefficient (Wildman–Crippen LogP) is 5.60. The van der Waals surface area contributed by atoms with Gasteiger partial charge in [-0.05, 0) is 57.6 Å². The average molecular weight is 585 g/mol. The maximum Gasteiger partial charge on any atom is 0.323 e. The van der Waals surface area contributed by atoms with Gasteiger partial charge in [0, 0.05) is 5.92 Å². The lowest BCUT2D eigenvalue weighted by Crippen LogP contribution is -2.38. The molecule has 2 aliphatic rings. The van der Waals surface area contributed by atoms with E-state index in [0.717, 1.165) is 50.5 Å². The SMILES string of the molecule is CCCCC(NP(OCC1CC(C)[C@H](n2cnc3c(N)ncnc32)O1)Oc1ccc(C)cc1)C(=O)OC1CCCC1. The molecule has 1 aliphatic carbocycles. The van der Waals surface area contributed by atoms with Crippen LogP contribution in [0.25, 0.3) is 11.2 Å². The van der Waals surface area contributed by atoms with Crippen molar-refractivity contribution < 1.29 is 23.3 Å². The summed E-state index contributed by atoms with van der Waals surface area (Å²) in [6.45, 7) is 6.57. The fraction of sp³-hybridized carbons (Fsp3) is 0.586. The quantitative estimate of drug-likeness (QED) is 0.193. The number of nitrogens with zero attached hydrogens (tertiary/aromatic N) is 4. The number of unbranched alkanes of at least 4 members (excludes halogenated alkanes) is 1. The Bertz CT molecular complexity index is 1280. The molecule has 1 aromatic carbocycles. The van der Waals surface area contributed by atoms with Gasteiger partial charge in [0.25, 0.3) is 0 Å². The van der Waals surface area contributed by atoms with E-state index in [1.165, 1.54) is 6.33 Å². The maximum atomic E-state index is 13.2. The van der Waals surface area contributed by atoms with Crippen LogP contribution in [0.3, 0.4) is 0 Å². The van der Waals surface area contributed by atoms with Crippen molar-refractivity contribution in [2.24, 2.45) is 5.92 Å². The van der Waals surface area contributed by atoms with Gasteiger partial charge in [-0.15, -0.1) is 0 Å². The first-order valence-corrected chi connectivity index (χ1v) is 15.8. The minimum Gasteiger partial charge on any atom is -0.461 e. The normalized spacial score (nSPS) is 22.7. The number of carbonyl (C=O) groups excluding carboxylic acids is 1. The molecule has 3 N–H and O–H groups in total. The summed E-state index contributed by atoms with van der Waals surface area (Å²) in [4.78, 5) is 26.0. The Morgan fingerprint density at radius 1 is 1.22 bits per heavy atom. The van der Waals surface area contributed by atoms with Crippen LogP contribution in [0.15, 0.2) is 36.9 Å². The number of aryl methyl sites for hydroxylation is 1. The Hall–Kier alpha value is -2.85. The van der Waals surface area contributed by atoms with Crippen LogP contribution < -0.4 is 15.3 Å². The van der Waals surface area contributed by atoms with E-state index in [4.69, 9.17) is 24.3 Å². The number of benzene rings is 1. The number of carbonyl (C=O) groups is 1. The standard InChI is InChI=1S/C29H41N6O5P/c1-4-5-10-24(29(36)39-21-8-6-7-9-21)34-41(40-22-13-11-19(2)12-14-22)37-16-23-15-20(3)28(38-23)35-18-33-25-26(30)31-17-32-27(25)35/h11-14,17-18,20-21,23-24,28,34H,4-10,15-16H2,1-3H3,(H2,30,31,32)/t20?,23?,24?,28-,41?/m1/s1. The Kier molecular flexibility index (Phi) is 10.0. The number of nitrogen functional groups attached to an aromatic ring is 1. The van der Waals surface area contributed by atoms with Gasteiger partial charge in [0.2, 0.25) is 0 Å². The lowest BCUT2D eigenvalue weighted by Gasteiger charge is -2.26. The molecule has 1 saturated heterocycles. The molecular weight excluding hydrogens is 543 g/mol. The number of hydrogen-bond acceptors (Lipinski definition) is 10. The van der Waals surface area contributed by atoms with Gasteiger partial charge < -0.3 is 24.3 Å². The fourth-order valence-corrected chi connectivity index (χ4v) is 6.66. The second-order valence-electron chi connectivity index (χ2n) is 11.1. The van der Waals surface area contributed by atoms with Crippen molar-refractivity contribution in [1.82, 2.24) is 24.6 Å². The van der Waals surface area contributed by atoms with Crippen molar-refractivity contribution in [3.63, 3.8) is 0 Å². The van der Waals surface area contributed by atoms with Crippen LogP contribution in [0.4, 0.5) is 5.82 Å². The molecule has 0 amide bonds. The van der Waals surface area contributed by atoms with Crippen molar-refractivity contribution in [1.29, 1.82) is 0 Å². The number of fused-ring (bicyclic) bond motifs is 1. The van der Waals surface area contributed by atoms with E-state index >= 15 is 0 Å². The van der Waals surface area contributed by atoms with Crippen LogP contribution in [-0.2, 0) is 18.8 Å². The largest absolute Gasteiger partial charge is 0.461 e. The van der Waals surface area contributed by atoms with Crippen LogP contribution >= 0.6 is 8.53 Å². The maximum absolute atomic E-state index is 13.2. The minimum atomic E-state index is -1.66. The van der Waals surface area contributed by atoms with Crippen LogP contribution in [0, 0.1) is 12.8 Å². The van der Waals surface area contributed by atoms with Crippen molar-refractivity contribution >= 4 is 31.5 Å². The Labute approximate surface area is 242 Å². The smallest absolute Gasteiger partial charge is 0.323 e. The lowest BCUT2D eigenvalue weighted by molar-refractivity contribution is -0.151. The van der Waals surface area contributed by atoms with Crippen molar-refractivity contribution in [3.8, 4) is 5.75 Å². The molecule has 4 unspecified atom stereocenters. The highest BCUT2D eigenvalue weighted by atomic mass is 31.2. The lowest BCUT2D eigenvalue weighted by atomic mass is 10.1. The first kappa shape index (κ1) is 29.6. The van der Waals surface area contributed by atoms with Gasteiger partial charge in [0.15, 0.2) is 11.5 Å². The Morgan fingerprint density at radius 2 is 2.00 bits per heavy atom. The van der Waals surface area contributed by atoms with Crippen molar-refractivity contribution in [2.75, 3.05) is 12.3 Å². The van der Waals surface area contributed by atoms with E-state index < -0.39 is 14.6 Å². The summed E-state index contributed by atoms with van der Waals surface area (Å²) in [6, 6.07) is 7.30. The molecule has 0 radical (unpaired) electrons. The van der Waals surface area contributed by atoms with E-state index in [2.05, 4.69) is 33.9 Å². The number of esters is 1. The number of hydrogen-bond donors (Lipinski definition) is 2. The molecular formula is C29H41N6O5P. The van der Waals surface area contributed by atoms with Gasteiger partial charge >= 0.3 is 14.5 Å². The summed E-state index contributed by atoms with van der Waals surface area (Å²) in [5, 5.41) is 3.37. The third-order valence-corrected chi connectivity index (χ3v) is 8.96. The Morgan fingerprint density at radius 3 is 2.76 bits per heavy atom. The monoisotopic (exact) mass is 584 g/mol. The van der Waals surface area contributed by atoms with E-state index in [1.807, 2.05) is 35.8 Å². The summed E-state index contributed by atoms with van der Waals surface area (Å²) >= 11 is 0. The summed E-state index contributed by atoms with van der Waals surface area (Å²) < 4.78 is 26.8. The minimum absolute atomic E-state index is 0.00350. The molecule has 222 valence electrons. The molecule has 3 aromatic rings. The molecule has 1 saturated carbocycles. The van der Waals surface area contributed by atoms with Gasteiger partial charge in [-0.25, -0.2) is 20.0 Å².